The number of hydrogen-bond donors (Lipinski definition) is 1. The summed E-state index contributed by atoms with van der Waals surface area (Å²) in [6, 6.07) is 2.12. The van der Waals surface area contributed by atoms with Crippen LogP contribution in [-0.4, -0.2) is 25.3 Å². The van der Waals surface area contributed by atoms with Crippen LogP contribution in [0.25, 0.3) is 0 Å². The highest BCUT2D eigenvalue weighted by Crippen LogP contribution is 2.43. The van der Waals surface area contributed by atoms with Gasteiger partial charge >= 0.3 is 6.18 Å². The van der Waals surface area contributed by atoms with E-state index < -0.39 is 25.3 Å². The van der Waals surface area contributed by atoms with Crippen molar-refractivity contribution in [2.75, 3.05) is 18.5 Å². The summed E-state index contributed by atoms with van der Waals surface area (Å²) in [5.41, 5.74) is 1.54. The molecule has 1 amide bonds. The van der Waals surface area contributed by atoms with Gasteiger partial charge in [-0.05, 0) is 36.2 Å². The number of thiophene rings is 1. The van der Waals surface area contributed by atoms with Gasteiger partial charge in [0.25, 0.3) is 5.91 Å². The first kappa shape index (κ1) is 19.7. The molecule has 0 aromatic carbocycles. The summed E-state index contributed by atoms with van der Waals surface area (Å²) in [5.74, 6) is -0.199. The van der Waals surface area contributed by atoms with Gasteiger partial charge in [0, 0.05) is 4.88 Å². The zero-order chi connectivity index (χ0) is 18.8. The van der Waals surface area contributed by atoms with E-state index in [1.54, 1.807) is 0 Å². The molecule has 0 aliphatic heterocycles. The molecule has 1 aliphatic rings. The fourth-order valence-corrected chi connectivity index (χ4v) is 4.25. The number of nitriles is 1. The Morgan fingerprint density at radius 3 is 2.64 bits per heavy atom. The molecule has 0 bridgehead atoms. The van der Waals surface area contributed by atoms with Gasteiger partial charge in [0.1, 0.15) is 24.3 Å². The quantitative estimate of drug-likeness (QED) is 0.855. The van der Waals surface area contributed by atoms with Gasteiger partial charge in [-0.15, -0.1) is 11.3 Å². The number of amides is 1. The molecular weight excluding hydrogens is 353 g/mol. The number of ether oxygens (including phenoxy) is 1. The molecule has 1 heterocycles. The maximum absolute atomic E-state index is 12.0. The maximum Gasteiger partial charge on any atom is 0.411 e. The van der Waals surface area contributed by atoms with Crippen LogP contribution in [0.5, 0.6) is 0 Å². The molecule has 8 heteroatoms. The van der Waals surface area contributed by atoms with Crippen molar-refractivity contribution >= 4 is 22.2 Å². The van der Waals surface area contributed by atoms with Gasteiger partial charge in [0.2, 0.25) is 0 Å². The number of alkyl halides is 3. The number of carbonyl (C=O) groups excluding carboxylic acids is 1. The average Bonchev–Trinajstić information content (AvgIpc) is 2.80. The number of halogens is 3. The van der Waals surface area contributed by atoms with Gasteiger partial charge in [-0.1, -0.05) is 20.8 Å². The lowest BCUT2D eigenvalue weighted by Gasteiger charge is -2.33. The van der Waals surface area contributed by atoms with Gasteiger partial charge in [0.15, 0.2) is 0 Å². The molecule has 4 nitrogen and oxygen atoms in total. The van der Waals surface area contributed by atoms with Crippen molar-refractivity contribution in [2.45, 2.75) is 46.2 Å². The SMILES string of the molecule is CC(C)(C)C1CCc2c(sc(NC(=O)COCC(F)(F)F)c2C#N)C1. The second kappa shape index (κ2) is 7.34. The monoisotopic (exact) mass is 374 g/mol. The first-order chi connectivity index (χ1) is 11.5. The second-order valence-electron chi connectivity index (χ2n) is 7.28. The summed E-state index contributed by atoms with van der Waals surface area (Å²) < 4.78 is 40.5. The lowest BCUT2D eigenvalue weighted by atomic mass is 9.72. The minimum absolute atomic E-state index is 0.156. The Hall–Kier alpha value is -1.59. The van der Waals surface area contributed by atoms with Gasteiger partial charge in [-0.2, -0.15) is 18.4 Å². The van der Waals surface area contributed by atoms with E-state index in [-0.39, 0.29) is 5.41 Å². The van der Waals surface area contributed by atoms with Crippen LogP contribution in [0.1, 0.15) is 43.2 Å². The Balaban J connectivity index is 2.07. The highest BCUT2D eigenvalue weighted by atomic mass is 32.1. The minimum Gasteiger partial charge on any atom is -0.362 e. The molecule has 0 saturated carbocycles. The molecule has 1 N–H and O–H groups in total. The number of nitrogens with zero attached hydrogens (tertiary/aromatic N) is 1. The van der Waals surface area contributed by atoms with Crippen molar-refractivity contribution in [3.8, 4) is 6.07 Å². The van der Waals surface area contributed by atoms with Crippen LogP contribution in [0.3, 0.4) is 0 Å². The molecule has 1 aliphatic carbocycles. The molecule has 138 valence electrons. The molecule has 25 heavy (non-hydrogen) atoms. The second-order valence-corrected chi connectivity index (χ2v) is 8.39. The van der Waals surface area contributed by atoms with Gasteiger partial charge in [0.05, 0.1) is 5.56 Å². The predicted octanol–water partition coefficient (Wildman–Crippen LogP) is 4.29. The third-order valence-corrected chi connectivity index (χ3v) is 5.52. The standard InChI is InChI=1S/C17H21F3N2O2S/c1-16(2,3)10-4-5-11-12(7-21)15(25-13(11)6-10)22-14(23)8-24-9-17(18,19)20/h10H,4-6,8-9H2,1-3H3,(H,22,23). The normalized spacial score (nSPS) is 17.7. The van der Waals surface area contributed by atoms with Crippen LogP contribution < -0.4 is 5.32 Å². The van der Waals surface area contributed by atoms with Crippen molar-refractivity contribution < 1.29 is 22.7 Å². The Morgan fingerprint density at radius 2 is 2.08 bits per heavy atom. The largest absolute Gasteiger partial charge is 0.411 e. The van der Waals surface area contributed by atoms with E-state index in [4.69, 9.17) is 0 Å². The number of nitrogens with one attached hydrogen (secondary N) is 1. The molecule has 0 saturated heterocycles. The van der Waals surface area contributed by atoms with Crippen LogP contribution in [0.15, 0.2) is 0 Å². The molecular formula is C17H21F3N2O2S. The van der Waals surface area contributed by atoms with Crippen LogP contribution in [0, 0.1) is 22.7 Å². The van der Waals surface area contributed by atoms with Crippen LogP contribution in [0.2, 0.25) is 0 Å². The van der Waals surface area contributed by atoms with E-state index in [2.05, 4.69) is 36.9 Å². The Labute approximate surface area is 149 Å². The van der Waals surface area contributed by atoms with E-state index in [1.165, 1.54) is 11.3 Å². The Kier molecular flexibility index (Phi) is 5.79. The van der Waals surface area contributed by atoms with E-state index in [1.807, 2.05) is 0 Å². The van der Waals surface area contributed by atoms with Gasteiger partial charge in [-0.3, -0.25) is 4.79 Å². The zero-order valence-corrected chi connectivity index (χ0v) is 15.2. The molecule has 1 atom stereocenters. The molecule has 1 aromatic heterocycles. The summed E-state index contributed by atoms with van der Waals surface area (Å²) in [6.45, 7) is 4.38. The van der Waals surface area contributed by atoms with E-state index >= 15 is 0 Å². The molecule has 0 spiro atoms. The smallest absolute Gasteiger partial charge is 0.362 e. The molecule has 1 aromatic rings. The van der Waals surface area contributed by atoms with Crippen LogP contribution in [0.4, 0.5) is 18.2 Å². The topological polar surface area (TPSA) is 62.1 Å². The van der Waals surface area contributed by atoms with Crippen molar-refractivity contribution in [1.29, 1.82) is 5.26 Å². The van der Waals surface area contributed by atoms with Crippen LogP contribution in [-0.2, 0) is 22.4 Å². The number of rotatable bonds is 4. The lowest BCUT2D eigenvalue weighted by molar-refractivity contribution is -0.174. The highest BCUT2D eigenvalue weighted by Gasteiger charge is 2.32. The molecule has 2 rings (SSSR count). The summed E-state index contributed by atoms with van der Waals surface area (Å²) in [4.78, 5) is 12.9. The van der Waals surface area contributed by atoms with Crippen LogP contribution >= 0.6 is 11.3 Å². The number of carbonyl (C=O) groups is 1. The third kappa shape index (κ3) is 5.19. The Bertz CT molecular complexity index is 684. The van der Waals surface area contributed by atoms with Crippen molar-refractivity contribution in [1.82, 2.24) is 0 Å². The maximum atomic E-state index is 12.0. The van der Waals surface area contributed by atoms with E-state index in [9.17, 15) is 23.2 Å². The third-order valence-electron chi connectivity index (χ3n) is 4.35. The summed E-state index contributed by atoms with van der Waals surface area (Å²) in [5, 5.41) is 12.3. The highest BCUT2D eigenvalue weighted by molar-refractivity contribution is 7.16. The first-order valence-corrected chi connectivity index (χ1v) is 8.82. The lowest BCUT2D eigenvalue weighted by Crippen LogP contribution is -2.26. The minimum atomic E-state index is -4.47. The van der Waals surface area contributed by atoms with Gasteiger partial charge < -0.3 is 10.1 Å². The fourth-order valence-electron chi connectivity index (χ4n) is 2.95. The summed E-state index contributed by atoms with van der Waals surface area (Å²) in [6.07, 6.45) is -1.87. The number of hydrogen-bond acceptors (Lipinski definition) is 4. The van der Waals surface area contributed by atoms with Gasteiger partial charge in [-0.25, -0.2) is 0 Å². The Morgan fingerprint density at radius 1 is 1.40 bits per heavy atom. The fraction of sp³-hybridized carbons (Fsp3) is 0.647. The van der Waals surface area contributed by atoms with Crippen molar-refractivity contribution in [3.05, 3.63) is 16.0 Å². The molecule has 0 fully saturated rings. The summed E-state index contributed by atoms with van der Waals surface area (Å²) >= 11 is 1.34. The number of fused-ring (bicyclic) bond motifs is 1. The summed E-state index contributed by atoms with van der Waals surface area (Å²) in [7, 11) is 0. The first-order valence-electron chi connectivity index (χ1n) is 8.00. The van der Waals surface area contributed by atoms with Crippen molar-refractivity contribution in [3.63, 3.8) is 0 Å². The predicted molar refractivity (Wildman–Crippen MR) is 89.5 cm³/mol. The number of anilines is 1. The molecule has 1 unspecified atom stereocenters. The van der Waals surface area contributed by atoms with E-state index in [0.29, 0.717) is 16.5 Å². The average molecular weight is 374 g/mol. The zero-order valence-electron chi connectivity index (χ0n) is 14.4. The van der Waals surface area contributed by atoms with E-state index in [0.717, 1.165) is 29.7 Å². The molecule has 0 radical (unpaired) electrons. The van der Waals surface area contributed by atoms with Crippen molar-refractivity contribution in [2.24, 2.45) is 11.3 Å².